The van der Waals surface area contributed by atoms with Gasteiger partial charge in [-0.3, -0.25) is 9.69 Å². The smallest absolute Gasteiger partial charge is 0.236 e. The van der Waals surface area contributed by atoms with E-state index in [2.05, 4.69) is 29.3 Å². The Bertz CT molecular complexity index is 537. The van der Waals surface area contributed by atoms with E-state index in [1.165, 1.54) is 24.0 Å². The van der Waals surface area contributed by atoms with Crippen molar-refractivity contribution in [3.05, 3.63) is 35.4 Å². The van der Waals surface area contributed by atoms with E-state index in [0.29, 0.717) is 18.5 Å². The number of hydrogen-bond donors (Lipinski definition) is 1. The van der Waals surface area contributed by atoms with Gasteiger partial charge in [-0.1, -0.05) is 24.3 Å². The Labute approximate surface area is 133 Å². The minimum absolute atomic E-state index is 0.228. The zero-order chi connectivity index (χ0) is 15.6. The number of aryl methyl sites for hydroxylation is 1. The van der Waals surface area contributed by atoms with Crippen LogP contribution in [-0.4, -0.2) is 55.5 Å². The molecule has 4 heteroatoms. The molecule has 2 fully saturated rings. The molecule has 22 heavy (non-hydrogen) atoms. The van der Waals surface area contributed by atoms with Crippen molar-refractivity contribution in [2.45, 2.75) is 26.3 Å². The minimum Gasteiger partial charge on any atom is -0.340 e. The average molecular weight is 301 g/mol. The lowest BCUT2D eigenvalue weighted by Gasteiger charge is -2.25. The highest BCUT2D eigenvalue weighted by Gasteiger charge is 2.40. The Hall–Kier alpha value is -1.39. The van der Waals surface area contributed by atoms with Gasteiger partial charge in [0.05, 0.1) is 6.54 Å². The van der Waals surface area contributed by atoms with Crippen LogP contribution in [0.1, 0.15) is 24.0 Å². The number of nitrogens with zero attached hydrogens (tertiary/aromatic N) is 2. The fourth-order valence-corrected chi connectivity index (χ4v) is 3.75. The Morgan fingerprint density at radius 3 is 2.91 bits per heavy atom. The van der Waals surface area contributed by atoms with Gasteiger partial charge in [0.1, 0.15) is 0 Å². The Kier molecular flexibility index (Phi) is 4.50. The number of nitrogens with one attached hydrogen (secondary N) is 1. The lowest BCUT2D eigenvalue weighted by Crippen LogP contribution is -2.38. The molecule has 1 amide bonds. The van der Waals surface area contributed by atoms with E-state index in [1.54, 1.807) is 0 Å². The number of benzene rings is 1. The lowest BCUT2D eigenvalue weighted by molar-refractivity contribution is -0.131. The van der Waals surface area contributed by atoms with Crippen molar-refractivity contribution in [3.63, 3.8) is 0 Å². The van der Waals surface area contributed by atoms with Crippen LogP contribution in [0.3, 0.4) is 0 Å². The van der Waals surface area contributed by atoms with Gasteiger partial charge in [-0.15, -0.1) is 0 Å². The number of likely N-dealkylation sites (N-methyl/N-ethyl adjacent to an activating group) is 1. The second kappa shape index (κ2) is 6.39. The van der Waals surface area contributed by atoms with Crippen LogP contribution in [-0.2, 0) is 11.3 Å². The summed E-state index contributed by atoms with van der Waals surface area (Å²) >= 11 is 0. The van der Waals surface area contributed by atoms with E-state index in [9.17, 15) is 4.79 Å². The van der Waals surface area contributed by atoms with E-state index in [-0.39, 0.29) is 5.91 Å². The van der Waals surface area contributed by atoms with Gasteiger partial charge in [-0.2, -0.15) is 0 Å². The monoisotopic (exact) mass is 301 g/mol. The van der Waals surface area contributed by atoms with Gasteiger partial charge >= 0.3 is 0 Å². The number of carbonyl (C=O) groups is 1. The average Bonchev–Trinajstić information content (AvgIpc) is 3.12. The van der Waals surface area contributed by atoms with E-state index < -0.39 is 0 Å². The maximum Gasteiger partial charge on any atom is 0.236 e. The number of hydrogen-bond acceptors (Lipinski definition) is 3. The fourth-order valence-electron chi connectivity index (χ4n) is 3.75. The zero-order valence-electron chi connectivity index (χ0n) is 13.8. The summed E-state index contributed by atoms with van der Waals surface area (Å²) in [6, 6.07) is 8.29. The topological polar surface area (TPSA) is 35.6 Å². The number of rotatable bonds is 4. The first-order valence-electron chi connectivity index (χ1n) is 8.30. The molecule has 120 valence electrons. The van der Waals surface area contributed by atoms with Gasteiger partial charge in [0.15, 0.2) is 0 Å². The molecule has 2 aliphatic rings. The van der Waals surface area contributed by atoms with E-state index in [1.807, 2.05) is 24.1 Å². The first kappa shape index (κ1) is 15.5. The summed E-state index contributed by atoms with van der Waals surface area (Å²) in [6.45, 7) is 7.75. The van der Waals surface area contributed by atoms with E-state index >= 15 is 0 Å². The third-order valence-corrected chi connectivity index (χ3v) is 5.30. The highest BCUT2D eigenvalue weighted by molar-refractivity contribution is 5.78. The van der Waals surface area contributed by atoms with Crippen LogP contribution in [0.5, 0.6) is 0 Å². The molecule has 2 heterocycles. The summed E-state index contributed by atoms with van der Waals surface area (Å²) in [5, 5.41) is 3.47. The van der Waals surface area contributed by atoms with Gasteiger partial charge in [-0.05, 0) is 49.4 Å². The van der Waals surface area contributed by atoms with Crippen LogP contribution in [0.4, 0.5) is 0 Å². The molecular formula is C18H27N3O. The van der Waals surface area contributed by atoms with Crippen molar-refractivity contribution in [2.75, 3.05) is 39.8 Å². The maximum absolute atomic E-state index is 12.5. The van der Waals surface area contributed by atoms with Crippen LogP contribution in [0.15, 0.2) is 24.3 Å². The molecule has 1 unspecified atom stereocenters. The number of likely N-dealkylation sites (tertiary alicyclic amines) is 1. The first-order valence-corrected chi connectivity index (χ1v) is 8.30. The molecule has 1 N–H and O–H groups in total. The van der Waals surface area contributed by atoms with Crippen molar-refractivity contribution in [2.24, 2.45) is 5.41 Å². The van der Waals surface area contributed by atoms with Crippen LogP contribution in [0.25, 0.3) is 0 Å². The third kappa shape index (κ3) is 3.33. The Balaban J connectivity index is 1.52. The molecule has 4 nitrogen and oxygen atoms in total. The van der Waals surface area contributed by atoms with Crippen molar-refractivity contribution in [1.29, 1.82) is 0 Å². The molecule has 0 aliphatic carbocycles. The van der Waals surface area contributed by atoms with E-state index in [4.69, 9.17) is 0 Å². The molecule has 0 saturated carbocycles. The summed E-state index contributed by atoms with van der Waals surface area (Å²) in [5.74, 6) is 0.228. The van der Waals surface area contributed by atoms with Crippen LogP contribution in [0.2, 0.25) is 0 Å². The van der Waals surface area contributed by atoms with Gasteiger partial charge < -0.3 is 10.2 Å². The predicted molar refractivity (Wildman–Crippen MR) is 88.6 cm³/mol. The lowest BCUT2D eigenvalue weighted by atomic mass is 9.87. The standard InChI is InChI=1S/C18H27N3O/c1-15-5-3-4-6-16(15)11-20(2)17(22)12-21-10-8-18(14-21)7-9-19-13-18/h3-6,19H,7-14H2,1-2H3. The fraction of sp³-hybridized carbons (Fsp3) is 0.611. The highest BCUT2D eigenvalue weighted by Crippen LogP contribution is 2.35. The van der Waals surface area contributed by atoms with Gasteiger partial charge in [0, 0.05) is 26.7 Å². The van der Waals surface area contributed by atoms with E-state index in [0.717, 1.165) is 26.2 Å². The summed E-state index contributed by atoms with van der Waals surface area (Å²) < 4.78 is 0. The SMILES string of the molecule is Cc1ccccc1CN(C)C(=O)CN1CCC2(CCNC2)C1. The quantitative estimate of drug-likeness (QED) is 0.918. The molecule has 0 radical (unpaired) electrons. The molecular weight excluding hydrogens is 274 g/mol. The van der Waals surface area contributed by atoms with Crippen molar-refractivity contribution < 1.29 is 4.79 Å². The molecule has 0 aromatic heterocycles. The highest BCUT2D eigenvalue weighted by atomic mass is 16.2. The number of amides is 1. The molecule has 3 rings (SSSR count). The molecule has 1 aromatic rings. The summed E-state index contributed by atoms with van der Waals surface area (Å²) in [4.78, 5) is 16.7. The third-order valence-electron chi connectivity index (χ3n) is 5.30. The minimum atomic E-state index is 0.228. The summed E-state index contributed by atoms with van der Waals surface area (Å²) in [5.41, 5.74) is 2.92. The largest absolute Gasteiger partial charge is 0.340 e. The van der Waals surface area contributed by atoms with Gasteiger partial charge in [-0.25, -0.2) is 0 Å². The zero-order valence-corrected chi connectivity index (χ0v) is 13.8. The maximum atomic E-state index is 12.5. The predicted octanol–water partition coefficient (Wildman–Crippen LogP) is 1.64. The molecule has 2 aliphatic heterocycles. The first-order chi connectivity index (χ1) is 10.6. The van der Waals surface area contributed by atoms with Crippen LogP contribution in [0, 0.1) is 12.3 Å². The van der Waals surface area contributed by atoms with Gasteiger partial charge in [0.2, 0.25) is 5.91 Å². The van der Waals surface area contributed by atoms with Crippen LogP contribution < -0.4 is 5.32 Å². The van der Waals surface area contributed by atoms with Crippen LogP contribution >= 0.6 is 0 Å². The van der Waals surface area contributed by atoms with Crippen molar-refractivity contribution in [3.8, 4) is 0 Å². The molecule has 2 saturated heterocycles. The molecule has 1 atom stereocenters. The Morgan fingerprint density at radius 2 is 2.18 bits per heavy atom. The molecule has 1 aromatic carbocycles. The van der Waals surface area contributed by atoms with Gasteiger partial charge in [0.25, 0.3) is 0 Å². The second-order valence-corrected chi connectivity index (χ2v) is 7.06. The van der Waals surface area contributed by atoms with Crippen molar-refractivity contribution in [1.82, 2.24) is 15.1 Å². The molecule has 1 spiro atoms. The normalized spacial score (nSPS) is 25.0. The summed E-state index contributed by atoms with van der Waals surface area (Å²) in [6.07, 6.45) is 2.49. The Morgan fingerprint density at radius 1 is 1.36 bits per heavy atom. The van der Waals surface area contributed by atoms with Crippen molar-refractivity contribution >= 4 is 5.91 Å². The summed E-state index contributed by atoms with van der Waals surface area (Å²) in [7, 11) is 1.91. The second-order valence-electron chi connectivity index (χ2n) is 7.06. The molecule has 0 bridgehead atoms. The number of carbonyl (C=O) groups excluding carboxylic acids is 1.